The highest BCUT2D eigenvalue weighted by atomic mass is 19.3. The third-order valence-corrected chi connectivity index (χ3v) is 3.26. The third-order valence-electron chi connectivity index (χ3n) is 3.26. The molecule has 2 rings (SSSR count). The Kier molecular flexibility index (Phi) is 6.20. The number of nitrogens with zero attached hydrogens (tertiary/aromatic N) is 1. The molecule has 0 aliphatic heterocycles. The molecular weight excluding hydrogens is 318 g/mol. The van der Waals surface area contributed by atoms with Gasteiger partial charge >= 0.3 is 0 Å². The molecule has 2 N–H and O–H groups in total. The Bertz CT molecular complexity index is 678. The van der Waals surface area contributed by atoms with Gasteiger partial charge in [0.2, 0.25) is 0 Å². The number of hydrogen-bond acceptors (Lipinski definition) is 4. The molecule has 1 heterocycles. The minimum absolute atomic E-state index is 0.00565. The Morgan fingerprint density at radius 3 is 2.67 bits per heavy atom. The van der Waals surface area contributed by atoms with E-state index in [4.69, 9.17) is 4.74 Å². The summed E-state index contributed by atoms with van der Waals surface area (Å²) in [4.78, 5) is 15.9. The van der Waals surface area contributed by atoms with Crippen LogP contribution in [-0.2, 0) is 0 Å². The van der Waals surface area contributed by atoms with Crippen molar-refractivity contribution in [1.82, 2.24) is 10.3 Å². The molecule has 1 unspecified atom stereocenters. The lowest BCUT2D eigenvalue weighted by atomic mass is 10.1. The molecule has 0 saturated heterocycles. The van der Waals surface area contributed by atoms with Crippen LogP contribution in [0.2, 0.25) is 0 Å². The number of aliphatic hydroxyl groups is 1. The van der Waals surface area contributed by atoms with Gasteiger partial charge in [-0.05, 0) is 18.6 Å². The van der Waals surface area contributed by atoms with Crippen molar-refractivity contribution in [2.75, 3.05) is 13.2 Å². The molecule has 24 heavy (non-hydrogen) atoms. The quantitative estimate of drug-likeness (QED) is 0.815. The largest absolute Gasteiger partial charge is 0.488 e. The van der Waals surface area contributed by atoms with Gasteiger partial charge < -0.3 is 15.2 Å². The monoisotopic (exact) mass is 336 g/mol. The molecule has 128 valence electrons. The van der Waals surface area contributed by atoms with Crippen molar-refractivity contribution in [2.45, 2.75) is 19.5 Å². The smallest absolute Gasteiger partial charge is 0.272 e. The van der Waals surface area contributed by atoms with Crippen LogP contribution in [0.5, 0.6) is 5.75 Å². The van der Waals surface area contributed by atoms with Crippen molar-refractivity contribution < 1.29 is 23.4 Å². The number of carbonyl (C=O) groups is 1. The first-order valence-electron chi connectivity index (χ1n) is 7.35. The summed E-state index contributed by atoms with van der Waals surface area (Å²) in [6.07, 6.45) is -2.15. The van der Waals surface area contributed by atoms with E-state index in [1.807, 2.05) is 19.1 Å². The number of ether oxygens (including phenoxy) is 1. The van der Waals surface area contributed by atoms with Gasteiger partial charge in [0.25, 0.3) is 12.3 Å². The molecule has 0 aliphatic rings. The number of nitrogens with one attached hydrogen (secondary N) is 1. The fourth-order valence-electron chi connectivity index (χ4n) is 1.97. The van der Waals surface area contributed by atoms with Crippen LogP contribution in [0.4, 0.5) is 8.78 Å². The predicted molar refractivity (Wildman–Crippen MR) is 84.2 cm³/mol. The standard InChI is InChI=1S/C17H18F2N2O3/c1-11-2-4-12(5-3-11)15(22)9-21-17(23)14-8-13(6-7-20-14)24-10-16(18)19/h2-8,15-16,22H,9-10H2,1H3,(H,21,23). The molecule has 1 amide bonds. The fraction of sp³-hybridized carbons (Fsp3) is 0.294. The first-order valence-corrected chi connectivity index (χ1v) is 7.35. The van der Waals surface area contributed by atoms with Crippen LogP contribution in [0.15, 0.2) is 42.6 Å². The van der Waals surface area contributed by atoms with Crippen molar-refractivity contribution >= 4 is 5.91 Å². The number of amides is 1. The van der Waals surface area contributed by atoms with E-state index in [1.54, 1.807) is 12.1 Å². The minimum Gasteiger partial charge on any atom is -0.488 e. The van der Waals surface area contributed by atoms with Crippen LogP contribution in [0.25, 0.3) is 0 Å². The molecule has 0 spiro atoms. The molecule has 0 aliphatic carbocycles. The molecule has 0 radical (unpaired) electrons. The van der Waals surface area contributed by atoms with E-state index in [1.165, 1.54) is 18.3 Å². The summed E-state index contributed by atoms with van der Waals surface area (Å²) in [6.45, 7) is 1.19. The van der Waals surface area contributed by atoms with E-state index >= 15 is 0 Å². The zero-order valence-electron chi connectivity index (χ0n) is 13.1. The summed E-state index contributed by atoms with van der Waals surface area (Å²) >= 11 is 0. The van der Waals surface area contributed by atoms with Gasteiger partial charge in [-0.25, -0.2) is 8.78 Å². The number of benzene rings is 1. The molecule has 2 aromatic rings. The molecule has 0 saturated carbocycles. The van der Waals surface area contributed by atoms with E-state index in [-0.39, 0.29) is 18.0 Å². The van der Waals surface area contributed by atoms with E-state index in [2.05, 4.69) is 10.3 Å². The number of alkyl halides is 2. The normalized spacial score (nSPS) is 12.0. The molecule has 1 aromatic carbocycles. The summed E-state index contributed by atoms with van der Waals surface area (Å²) in [5.74, 6) is -0.391. The molecule has 7 heteroatoms. The van der Waals surface area contributed by atoms with E-state index < -0.39 is 25.0 Å². The van der Waals surface area contributed by atoms with E-state index in [9.17, 15) is 18.7 Å². The maximum Gasteiger partial charge on any atom is 0.272 e. The molecule has 0 fully saturated rings. The lowest BCUT2D eigenvalue weighted by Gasteiger charge is -2.13. The number of halogens is 2. The third kappa shape index (κ3) is 5.27. The average molecular weight is 336 g/mol. The highest BCUT2D eigenvalue weighted by Crippen LogP contribution is 2.14. The summed E-state index contributed by atoms with van der Waals surface area (Å²) in [5.41, 5.74) is 1.78. The van der Waals surface area contributed by atoms with Gasteiger partial charge in [0.1, 0.15) is 18.1 Å². The maximum atomic E-state index is 12.1. The van der Waals surface area contributed by atoms with Crippen LogP contribution in [-0.4, -0.2) is 35.6 Å². The van der Waals surface area contributed by atoms with E-state index in [0.29, 0.717) is 5.56 Å². The van der Waals surface area contributed by atoms with Crippen molar-refractivity contribution in [3.8, 4) is 5.75 Å². The van der Waals surface area contributed by atoms with Crippen LogP contribution in [0.1, 0.15) is 27.7 Å². The SMILES string of the molecule is Cc1ccc(C(O)CNC(=O)c2cc(OCC(F)F)ccn2)cc1. The van der Waals surface area contributed by atoms with Crippen molar-refractivity contribution in [3.63, 3.8) is 0 Å². The number of aliphatic hydroxyl groups excluding tert-OH is 1. The van der Waals surface area contributed by atoms with Gasteiger partial charge in [0, 0.05) is 18.8 Å². The summed E-state index contributed by atoms with van der Waals surface area (Å²) in [7, 11) is 0. The number of aryl methyl sites for hydroxylation is 1. The Morgan fingerprint density at radius 2 is 2.00 bits per heavy atom. The zero-order chi connectivity index (χ0) is 17.5. The molecule has 5 nitrogen and oxygen atoms in total. The van der Waals surface area contributed by atoms with Crippen molar-refractivity contribution in [3.05, 3.63) is 59.4 Å². The summed E-state index contributed by atoms with van der Waals surface area (Å²) < 4.78 is 29.1. The molecule has 0 bridgehead atoms. The van der Waals surface area contributed by atoms with Crippen molar-refractivity contribution in [2.24, 2.45) is 0 Å². The van der Waals surface area contributed by atoms with Crippen LogP contribution in [0.3, 0.4) is 0 Å². The van der Waals surface area contributed by atoms with Crippen LogP contribution < -0.4 is 10.1 Å². The number of aromatic nitrogens is 1. The van der Waals surface area contributed by atoms with Gasteiger partial charge in [-0.15, -0.1) is 0 Å². The summed E-state index contributed by atoms with van der Waals surface area (Å²) in [6, 6.07) is 9.96. The average Bonchev–Trinajstić information content (AvgIpc) is 2.58. The minimum atomic E-state index is -2.60. The molecule has 1 atom stereocenters. The van der Waals surface area contributed by atoms with E-state index in [0.717, 1.165) is 5.56 Å². The Morgan fingerprint density at radius 1 is 1.29 bits per heavy atom. The van der Waals surface area contributed by atoms with Crippen molar-refractivity contribution in [1.29, 1.82) is 0 Å². The van der Waals surface area contributed by atoms with Gasteiger partial charge in [0.05, 0.1) is 6.10 Å². The second-order valence-corrected chi connectivity index (χ2v) is 5.22. The number of rotatable bonds is 7. The van der Waals surface area contributed by atoms with Gasteiger partial charge in [-0.1, -0.05) is 29.8 Å². The fourth-order valence-corrected chi connectivity index (χ4v) is 1.97. The van der Waals surface area contributed by atoms with Crippen LogP contribution >= 0.6 is 0 Å². The topological polar surface area (TPSA) is 71.5 Å². The van der Waals surface area contributed by atoms with Gasteiger partial charge in [-0.3, -0.25) is 9.78 Å². The zero-order valence-corrected chi connectivity index (χ0v) is 13.1. The number of hydrogen-bond donors (Lipinski definition) is 2. The molecular formula is C17H18F2N2O3. The Hall–Kier alpha value is -2.54. The Balaban J connectivity index is 1.92. The first kappa shape index (κ1) is 17.8. The number of pyridine rings is 1. The lowest BCUT2D eigenvalue weighted by molar-refractivity contribution is 0.0816. The summed E-state index contributed by atoms with van der Waals surface area (Å²) in [5, 5.41) is 12.6. The highest BCUT2D eigenvalue weighted by Gasteiger charge is 2.13. The second-order valence-electron chi connectivity index (χ2n) is 5.22. The number of carbonyl (C=O) groups excluding carboxylic acids is 1. The second kappa shape index (κ2) is 8.35. The Labute approximate surface area is 138 Å². The van der Waals surface area contributed by atoms with Gasteiger partial charge in [-0.2, -0.15) is 0 Å². The maximum absolute atomic E-state index is 12.1. The predicted octanol–water partition coefficient (Wildman–Crippen LogP) is 2.50. The highest BCUT2D eigenvalue weighted by molar-refractivity contribution is 5.92. The lowest BCUT2D eigenvalue weighted by Crippen LogP contribution is -2.29. The molecule has 1 aromatic heterocycles. The van der Waals surface area contributed by atoms with Gasteiger partial charge in [0.15, 0.2) is 0 Å². The van der Waals surface area contributed by atoms with Crippen LogP contribution in [0, 0.1) is 6.92 Å². The first-order chi connectivity index (χ1) is 11.5.